The summed E-state index contributed by atoms with van der Waals surface area (Å²) < 4.78 is 17.9. The molecule has 4 nitrogen and oxygen atoms in total. The Morgan fingerprint density at radius 3 is 2.77 bits per heavy atom. The third-order valence-corrected chi connectivity index (χ3v) is 2.86. The molecule has 5 heteroatoms. The lowest BCUT2D eigenvalue weighted by Crippen LogP contribution is -2.31. The van der Waals surface area contributed by atoms with Gasteiger partial charge in [-0.05, 0) is 0 Å². The number of esters is 1. The van der Waals surface area contributed by atoms with Crippen LogP contribution < -0.4 is 0 Å². The molecule has 1 N–H and O–H groups in total. The number of aliphatic hydroxyl groups excluding tert-OH is 1. The minimum Gasteiger partial charge on any atom is -0.467 e. The fraction of sp³-hybridized carbons (Fsp3) is 0.750. The summed E-state index contributed by atoms with van der Waals surface area (Å²) >= 11 is 0. The van der Waals surface area contributed by atoms with Gasteiger partial charge < -0.3 is 9.84 Å². The highest BCUT2D eigenvalue weighted by Crippen LogP contribution is 2.61. The Labute approximate surface area is 73.7 Å². The minimum atomic E-state index is -2.25. The number of Topliss-reactive ketones (excluding diaryl/α,β-unsaturated/α-hetero) is 1. The van der Waals surface area contributed by atoms with Crippen LogP contribution in [0.2, 0.25) is 0 Å². The highest BCUT2D eigenvalue weighted by molar-refractivity contribution is 6.00. The normalized spacial score (nSPS) is 47.3. The van der Waals surface area contributed by atoms with E-state index in [4.69, 9.17) is 0 Å². The first kappa shape index (κ1) is 8.62. The van der Waals surface area contributed by atoms with Gasteiger partial charge in [0, 0.05) is 12.3 Å². The first-order valence-electron chi connectivity index (χ1n) is 4.01. The van der Waals surface area contributed by atoms with E-state index in [1.807, 2.05) is 0 Å². The van der Waals surface area contributed by atoms with E-state index >= 15 is 0 Å². The van der Waals surface area contributed by atoms with Crippen molar-refractivity contribution in [3.05, 3.63) is 0 Å². The van der Waals surface area contributed by atoms with Gasteiger partial charge in [0.25, 0.3) is 0 Å². The van der Waals surface area contributed by atoms with Gasteiger partial charge in [-0.25, -0.2) is 9.18 Å². The standard InChI is InChI=1S/C8H9FO4/c1-13-7(12)8(9)5-3(10)2-4(11)6(5)8/h3,5-6,10H,2H2,1H3/t3-,5+,6-,8+/m0/s1. The van der Waals surface area contributed by atoms with E-state index in [1.165, 1.54) is 0 Å². The molecule has 0 aliphatic heterocycles. The van der Waals surface area contributed by atoms with Crippen molar-refractivity contribution < 1.29 is 23.8 Å². The summed E-state index contributed by atoms with van der Waals surface area (Å²) in [5, 5.41) is 9.22. The maximum absolute atomic E-state index is 13.6. The average Bonchev–Trinajstić information content (AvgIpc) is 2.60. The SMILES string of the molecule is COC(=O)[C@@]1(F)[C@@H]2[C@@H](O)CC(=O)[C@@H]21. The van der Waals surface area contributed by atoms with Crippen LogP contribution in [0.15, 0.2) is 0 Å². The lowest BCUT2D eigenvalue weighted by molar-refractivity contribution is -0.152. The molecule has 0 spiro atoms. The quantitative estimate of drug-likeness (QED) is 0.560. The second-order valence-electron chi connectivity index (χ2n) is 3.50. The fourth-order valence-corrected chi connectivity index (χ4v) is 2.20. The highest BCUT2D eigenvalue weighted by Gasteiger charge is 2.80. The van der Waals surface area contributed by atoms with Gasteiger partial charge in [0.15, 0.2) is 0 Å². The number of fused-ring (bicyclic) bond motifs is 1. The molecule has 2 aliphatic rings. The Balaban J connectivity index is 2.24. The molecule has 2 fully saturated rings. The predicted molar refractivity (Wildman–Crippen MR) is 38.5 cm³/mol. The maximum atomic E-state index is 13.6. The summed E-state index contributed by atoms with van der Waals surface area (Å²) in [6.45, 7) is 0. The summed E-state index contributed by atoms with van der Waals surface area (Å²) in [7, 11) is 1.06. The smallest absolute Gasteiger partial charge is 0.344 e. The van der Waals surface area contributed by atoms with Gasteiger partial charge >= 0.3 is 5.97 Å². The topological polar surface area (TPSA) is 63.6 Å². The van der Waals surface area contributed by atoms with Gasteiger partial charge in [-0.15, -0.1) is 0 Å². The number of carbonyl (C=O) groups excluding carboxylic acids is 2. The van der Waals surface area contributed by atoms with E-state index in [9.17, 15) is 19.1 Å². The summed E-state index contributed by atoms with van der Waals surface area (Å²) in [5.41, 5.74) is -2.25. The predicted octanol–water partition coefficient (Wildman–Crippen LogP) is -0.553. The van der Waals surface area contributed by atoms with Crippen molar-refractivity contribution in [1.82, 2.24) is 0 Å². The molecule has 0 heterocycles. The molecule has 2 aliphatic carbocycles. The van der Waals surface area contributed by atoms with Crippen LogP contribution in [0.3, 0.4) is 0 Å². The largest absolute Gasteiger partial charge is 0.467 e. The lowest BCUT2D eigenvalue weighted by atomic mass is 10.1. The summed E-state index contributed by atoms with van der Waals surface area (Å²) in [6.07, 6.45) is -1.07. The number of hydrogen-bond acceptors (Lipinski definition) is 4. The molecule has 0 aromatic heterocycles. The second kappa shape index (κ2) is 2.29. The van der Waals surface area contributed by atoms with Crippen LogP contribution in [0, 0.1) is 11.8 Å². The first-order valence-corrected chi connectivity index (χ1v) is 4.01. The summed E-state index contributed by atoms with van der Waals surface area (Å²) in [4.78, 5) is 22.0. The zero-order valence-electron chi connectivity index (χ0n) is 6.99. The molecule has 0 aromatic rings. The number of ether oxygens (including phenoxy) is 1. The van der Waals surface area contributed by atoms with Gasteiger partial charge in [-0.1, -0.05) is 0 Å². The van der Waals surface area contributed by atoms with Gasteiger partial charge in [0.05, 0.1) is 19.1 Å². The first-order chi connectivity index (χ1) is 6.03. The molecule has 0 bridgehead atoms. The third-order valence-electron chi connectivity index (χ3n) is 2.86. The monoisotopic (exact) mass is 188 g/mol. The van der Waals surface area contributed by atoms with E-state index in [2.05, 4.69) is 4.74 Å². The average molecular weight is 188 g/mol. The Bertz CT molecular complexity index is 290. The van der Waals surface area contributed by atoms with Crippen molar-refractivity contribution in [2.45, 2.75) is 18.2 Å². The Morgan fingerprint density at radius 1 is 1.77 bits per heavy atom. The van der Waals surface area contributed by atoms with Crippen LogP contribution in [-0.4, -0.2) is 35.7 Å². The van der Waals surface area contributed by atoms with E-state index in [0.717, 1.165) is 7.11 Å². The van der Waals surface area contributed by atoms with Gasteiger partial charge in [-0.3, -0.25) is 4.79 Å². The number of methoxy groups -OCH3 is 1. The van der Waals surface area contributed by atoms with Crippen LogP contribution in [0.5, 0.6) is 0 Å². The molecule has 72 valence electrons. The Kier molecular flexibility index (Phi) is 1.52. The molecule has 0 unspecified atom stereocenters. The Hall–Kier alpha value is -0.970. The van der Waals surface area contributed by atoms with E-state index < -0.39 is 29.6 Å². The van der Waals surface area contributed by atoms with Crippen molar-refractivity contribution in [1.29, 1.82) is 0 Å². The van der Waals surface area contributed by atoms with Crippen LogP contribution in [0.25, 0.3) is 0 Å². The third kappa shape index (κ3) is 0.824. The summed E-state index contributed by atoms with van der Waals surface area (Å²) in [5.74, 6) is -3.26. The van der Waals surface area contributed by atoms with Gasteiger partial charge in [0.1, 0.15) is 5.78 Å². The number of carbonyl (C=O) groups is 2. The lowest BCUT2D eigenvalue weighted by Gasteiger charge is -2.10. The number of alkyl halides is 1. The van der Waals surface area contributed by atoms with E-state index in [-0.39, 0.29) is 12.2 Å². The van der Waals surface area contributed by atoms with Gasteiger partial charge in [0.2, 0.25) is 5.67 Å². The van der Waals surface area contributed by atoms with Crippen LogP contribution in [-0.2, 0) is 14.3 Å². The van der Waals surface area contributed by atoms with E-state index in [1.54, 1.807) is 0 Å². The van der Waals surface area contributed by atoms with Crippen molar-refractivity contribution in [3.63, 3.8) is 0 Å². The molecule has 2 saturated carbocycles. The van der Waals surface area contributed by atoms with Crippen molar-refractivity contribution in [3.8, 4) is 0 Å². The van der Waals surface area contributed by atoms with Gasteiger partial charge in [-0.2, -0.15) is 0 Å². The van der Waals surface area contributed by atoms with Crippen LogP contribution >= 0.6 is 0 Å². The summed E-state index contributed by atoms with van der Waals surface area (Å²) in [6, 6.07) is 0. The molecule has 0 radical (unpaired) electrons. The number of aliphatic hydroxyl groups is 1. The number of hydrogen-bond donors (Lipinski definition) is 1. The van der Waals surface area contributed by atoms with Crippen molar-refractivity contribution in [2.24, 2.45) is 11.8 Å². The highest BCUT2D eigenvalue weighted by atomic mass is 19.1. The van der Waals surface area contributed by atoms with E-state index in [0.29, 0.717) is 0 Å². The molecule has 0 aromatic carbocycles. The molecule has 13 heavy (non-hydrogen) atoms. The molecular weight excluding hydrogens is 179 g/mol. The van der Waals surface area contributed by atoms with Crippen LogP contribution in [0.4, 0.5) is 4.39 Å². The molecule has 0 amide bonds. The Morgan fingerprint density at radius 2 is 2.38 bits per heavy atom. The fourth-order valence-electron chi connectivity index (χ4n) is 2.20. The van der Waals surface area contributed by atoms with Crippen molar-refractivity contribution >= 4 is 11.8 Å². The maximum Gasteiger partial charge on any atom is 0.344 e. The van der Waals surface area contributed by atoms with Crippen LogP contribution in [0.1, 0.15) is 6.42 Å². The second-order valence-corrected chi connectivity index (χ2v) is 3.50. The molecule has 0 saturated heterocycles. The molecule has 4 atom stereocenters. The molecule has 2 rings (SSSR count). The van der Waals surface area contributed by atoms with Crippen molar-refractivity contribution in [2.75, 3.05) is 7.11 Å². The number of ketones is 1. The zero-order chi connectivity index (χ0) is 9.80. The number of rotatable bonds is 1. The minimum absolute atomic E-state index is 0.0437. The zero-order valence-corrected chi connectivity index (χ0v) is 6.99. The number of halogens is 1. The molecular formula is C8H9FO4.